The first-order valence-electron chi connectivity index (χ1n) is 6.84. The summed E-state index contributed by atoms with van der Waals surface area (Å²) in [5.74, 6) is 1.70. The van der Waals surface area contributed by atoms with Crippen molar-refractivity contribution < 1.29 is 0 Å². The molecule has 3 heteroatoms. The van der Waals surface area contributed by atoms with Gasteiger partial charge in [-0.2, -0.15) is 0 Å². The molecule has 1 fully saturated rings. The van der Waals surface area contributed by atoms with Crippen molar-refractivity contribution in [1.82, 2.24) is 14.9 Å². The smallest absolute Gasteiger partial charge is 0.123 e. The Kier molecular flexibility index (Phi) is 2.86. The number of imidazole rings is 1. The van der Waals surface area contributed by atoms with Gasteiger partial charge in [0.15, 0.2) is 0 Å². The molecule has 18 heavy (non-hydrogen) atoms. The summed E-state index contributed by atoms with van der Waals surface area (Å²) in [7, 11) is 2.11. The molecule has 1 N–H and O–H groups in total. The third kappa shape index (κ3) is 2.15. The van der Waals surface area contributed by atoms with Crippen LogP contribution in [0.25, 0.3) is 11.0 Å². The Labute approximate surface area is 108 Å². The van der Waals surface area contributed by atoms with Crippen LogP contribution < -0.4 is 5.32 Å². The van der Waals surface area contributed by atoms with Crippen molar-refractivity contribution in [3.8, 4) is 0 Å². The van der Waals surface area contributed by atoms with Crippen molar-refractivity contribution in [2.24, 2.45) is 7.05 Å². The van der Waals surface area contributed by atoms with Gasteiger partial charge in [0, 0.05) is 13.1 Å². The summed E-state index contributed by atoms with van der Waals surface area (Å²) < 4.78 is 2.20. The van der Waals surface area contributed by atoms with E-state index in [1.165, 1.54) is 23.9 Å². The van der Waals surface area contributed by atoms with Crippen molar-refractivity contribution in [3.63, 3.8) is 0 Å². The van der Waals surface area contributed by atoms with Crippen LogP contribution in [0.2, 0.25) is 0 Å². The van der Waals surface area contributed by atoms with Gasteiger partial charge in [-0.25, -0.2) is 4.98 Å². The molecule has 1 aliphatic carbocycles. The van der Waals surface area contributed by atoms with Crippen LogP contribution in [0.3, 0.4) is 0 Å². The zero-order chi connectivity index (χ0) is 12.7. The Bertz CT molecular complexity index is 564. The van der Waals surface area contributed by atoms with Crippen LogP contribution in [0.1, 0.15) is 44.0 Å². The highest BCUT2D eigenvalue weighted by Crippen LogP contribution is 2.23. The quantitative estimate of drug-likeness (QED) is 0.894. The lowest BCUT2D eigenvalue weighted by molar-refractivity contribution is 0.639. The van der Waals surface area contributed by atoms with Crippen LogP contribution in [0.15, 0.2) is 18.2 Å². The molecule has 1 saturated carbocycles. The molecule has 1 heterocycles. The van der Waals surface area contributed by atoms with Gasteiger partial charge in [-0.15, -0.1) is 0 Å². The van der Waals surface area contributed by atoms with Gasteiger partial charge in [-0.05, 0) is 36.5 Å². The highest BCUT2D eigenvalue weighted by molar-refractivity contribution is 5.77. The number of hydrogen-bond acceptors (Lipinski definition) is 2. The number of rotatable bonds is 4. The molecule has 1 aromatic carbocycles. The van der Waals surface area contributed by atoms with Crippen LogP contribution in [0, 0.1) is 0 Å². The number of aryl methyl sites for hydroxylation is 1. The molecular formula is C15H21N3. The van der Waals surface area contributed by atoms with Crippen LogP contribution in [0.4, 0.5) is 0 Å². The second-order valence-corrected chi connectivity index (χ2v) is 5.65. The number of aromatic nitrogens is 2. The Hall–Kier alpha value is -1.35. The molecule has 1 aliphatic rings. The van der Waals surface area contributed by atoms with E-state index < -0.39 is 0 Å². The summed E-state index contributed by atoms with van der Waals surface area (Å²) >= 11 is 0. The lowest BCUT2D eigenvalue weighted by Crippen LogP contribution is -2.18. The molecule has 0 aliphatic heterocycles. The summed E-state index contributed by atoms with van der Waals surface area (Å²) in [5.41, 5.74) is 3.71. The summed E-state index contributed by atoms with van der Waals surface area (Å²) in [6.07, 6.45) is 2.64. The summed E-state index contributed by atoms with van der Waals surface area (Å²) in [5, 5.41) is 3.53. The molecule has 2 aromatic rings. The maximum atomic E-state index is 4.76. The predicted molar refractivity (Wildman–Crippen MR) is 74.7 cm³/mol. The Morgan fingerprint density at radius 2 is 2.17 bits per heavy atom. The fraction of sp³-hybridized carbons (Fsp3) is 0.533. The van der Waals surface area contributed by atoms with Gasteiger partial charge in [0.25, 0.3) is 0 Å². The van der Waals surface area contributed by atoms with E-state index in [2.05, 4.69) is 49.0 Å². The maximum Gasteiger partial charge on any atom is 0.123 e. The molecular weight excluding hydrogens is 222 g/mol. The van der Waals surface area contributed by atoms with Gasteiger partial charge in [0.05, 0.1) is 17.6 Å². The molecule has 0 unspecified atom stereocenters. The summed E-state index contributed by atoms with van der Waals surface area (Å²) in [6.45, 7) is 5.33. The molecule has 3 nitrogen and oxygen atoms in total. The number of fused-ring (bicyclic) bond motifs is 1. The molecule has 0 spiro atoms. The van der Waals surface area contributed by atoms with Gasteiger partial charge in [-0.1, -0.05) is 19.9 Å². The average Bonchev–Trinajstić information content (AvgIpc) is 3.12. The lowest BCUT2D eigenvalue weighted by Gasteiger charge is -2.05. The number of benzene rings is 1. The van der Waals surface area contributed by atoms with E-state index in [0.29, 0.717) is 5.92 Å². The van der Waals surface area contributed by atoms with Gasteiger partial charge >= 0.3 is 0 Å². The zero-order valence-corrected chi connectivity index (χ0v) is 11.4. The molecule has 0 saturated heterocycles. The van der Waals surface area contributed by atoms with Crippen molar-refractivity contribution >= 4 is 11.0 Å². The van der Waals surface area contributed by atoms with Crippen molar-refractivity contribution in [2.75, 3.05) is 0 Å². The summed E-state index contributed by atoms with van der Waals surface area (Å²) in [6, 6.07) is 7.36. The van der Waals surface area contributed by atoms with Crippen LogP contribution in [-0.2, 0) is 13.6 Å². The van der Waals surface area contributed by atoms with E-state index >= 15 is 0 Å². The minimum atomic E-state index is 0.560. The SMILES string of the molecule is CC(C)c1ccc2c(c1)nc(CNC1CC1)n2C. The molecule has 0 bridgehead atoms. The van der Waals surface area contributed by atoms with E-state index in [0.717, 1.165) is 23.9 Å². The van der Waals surface area contributed by atoms with Gasteiger partial charge < -0.3 is 9.88 Å². The Balaban J connectivity index is 1.92. The van der Waals surface area contributed by atoms with Gasteiger partial charge in [-0.3, -0.25) is 0 Å². The van der Waals surface area contributed by atoms with E-state index in [1.54, 1.807) is 0 Å². The van der Waals surface area contributed by atoms with E-state index in [-0.39, 0.29) is 0 Å². The number of nitrogens with zero attached hydrogens (tertiary/aromatic N) is 2. The fourth-order valence-electron chi connectivity index (χ4n) is 2.31. The topological polar surface area (TPSA) is 29.9 Å². The standard InChI is InChI=1S/C15H21N3/c1-10(2)11-4-7-14-13(8-11)17-15(18(14)3)9-16-12-5-6-12/h4,7-8,10,12,16H,5-6,9H2,1-3H3. The largest absolute Gasteiger partial charge is 0.330 e. The third-order valence-electron chi connectivity index (χ3n) is 3.79. The zero-order valence-electron chi connectivity index (χ0n) is 11.4. The van der Waals surface area contributed by atoms with Gasteiger partial charge in [0.1, 0.15) is 5.82 Å². The van der Waals surface area contributed by atoms with E-state index in [1.807, 2.05) is 0 Å². The maximum absolute atomic E-state index is 4.76. The molecule has 96 valence electrons. The monoisotopic (exact) mass is 243 g/mol. The minimum Gasteiger partial charge on any atom is -0.330 e. The second kappa shape index (κ2) is 4.39. The minimum absolute atomic E-state index is 0.560. The fourth-order valence-corrected chi connectivity index (χ4v) is 2.31. The molecule has 3 rings (SSSR count). The number of nitrogens with one attached hydrogen (secondary N) is 1. The van der Waals surface area contributed by atoms with Crippen LogP contribution >= 0.6 is 0 Å². The first-order chi connectivity index (χ1) is 8.65. The highest BCUT2D eigenvalue weighted by Gasteiger charge is 2.21. The molecule has 0 amide bonds. The predicted octanol–water partition coefficient (Wildman–Crippen LogP) is 2.95. The Morgan fingerprint density at radius 3 is 2.83 bits per heavy atom. The molecule has 0 atom stereocenters. The van der Waals surface area contributed by atoms with Crippen molar-refractivity contribution in [3.05, 3.63) is 29.6 Å². The normalized spacial score (nSPS) is 15.8. The van der Waals surface area contributed by atoms with Crippen molar-refractivity contribution in [1.29, 1.82) is 0 Å². The first-order valence-corrected chi connectivity index (χ1v) is 6.84. The Morgan fingerprint density at radius 1 is 1.39 bits per heavy atom. The second-order valence-electron chi connectivity index (χ2n) is 5.65. The van der Waals surface area contributed by atoms with Crippen LogP contribution in [-0.4, -0.2) is 15.6 Å². The van der Waals surface area contributed by atoms with Crippen molar-refractivity contribution in [2.45, 2.75) is 45.2 Å². The molecule has 0 radical (unpaired) electrons. The third-order valence-corrected chi connectivity index (χ3v) is 3.79. The van der Waals surface area contributed by atoms with Gasteiger partial charge in [0.2, 0.25) is 0 Å². The highest BCUT2D eigenvalue weighted by atomic mass is 15.1. The average molecular weight is 243 g/mol. The molecule has 1 aromatic heterocycles. The van der Waals surface area contributed by atoms with E-state index in [9.17, 15) is 0 Å². The number of hydrogen-bond donors (Lipinski definition) is 1. The first kappa shape index (κ1) is 11.7. The summed E-state index contributed by atoms with van der Waals surface area (Å²) in [4.78, 5) is 4.76. The van der Waals surface area contributed by atoms with E-state index in [4.69, 9.17) is 4.98 Å². The lowest BCUT2D eigenvalue weighted by atomic mass is 10.0. The van der Waals surface area contributed by atoms with Crippen LogP contribution in [0.5, 0.6) is 0 Å².